The normalized spacial score (nSPS) is 33.7. The van der Waals surface area contributed by atoms with Gasteiger partial charge in [-0.3, -0.25) is 9.59 Å². The standard InChI is InChI=1S/C19H28O4/c1-19(2,3)23-18(21)16-13-10-9-12(11-13)15(16)17(20)22-14-7-5-4-6-8-14/h9-10,12-16H,4-8,11H2,1-3H3. The molecule has 4 atom stereocenters. The first-order valence-electron chi connectivity index (χ1n) is 8.97. The van der Waals surface area contributed by atoms with Crippen LogP contribution in [0.4, 0.5) is 0 Å². The maximum atomic E-state index is 12.7. The minimum Gasteiger partial charge on any atom is -0.462 e. The molecule has 0 aromatic carbocycles. The largest absolute Gasteiger partial charge is 0.462 e. The van der Waals surface area contributed by atoms with Gasteiger partial charge in [-0.2, -0.15) is 0 Å². The maximum Gasteiger partial charge on any atom is 0.310 e. The quantitative estimate of drug-likeness (QED) is 0.588. The Morgan fingerprint density at radius 2 is 1.48 bits per heavy atom. The van der Waals surface area contributed by atoms with Crippen LogP contribution in [0.5, 0.6) is 0 Å². The first-order chi connectivity index (χ1) is 10.8. The lowest BCUT2D eigenvalue weighted by Crippen LogP contribution is -2.39. The van der Waals surface area contributed by atoms with Gasteiger partial charge in [0.05, 0.1) is 11.8 Å². The predicted octanol–water partition coefficient (Wildman–Crippen LogP) is 3.64. The molecule has 2 saturated carbocycles. The highest BCUT2D eigenvalue weighted by atomic mass is 16.6. The second-order valence-electron chi connectivity index (χ2n) is 8.23. The van der Waals surface area contributed by atoms with Crippen LogP contribution in [0.15, 0.2) is 12.2 Å². The summed E-state index contributed by atoms with van der Waals surface area (Å²) in [4.78, 5) is 25.3. The van der Waals surface area contributed by atoms with Crippen LogP contribution in [0.25, 0.3) is 0 Å². The van der Waals surface area contributed by atoms with Crippen LogP contribution >= 0.6 is 0 Å². The Hall–Kier alpha value is -1.32. The van der Waals surface area contributed by atoms with E-state index in [2.05, 4.69) is 12.2 Å². The molecular formula is C19H28O4. The topological polar surface area (TPSA) is 52.6 Å². The molecule has 128 valence electrons. The molecule has 0 aromatic rings. The highest BCUT2D eigenvalue weighted by Gasteiger charge is 2.53. The molecule has 2 bridgehead atoms. The van der Waals surface area contributed by atoms with Crippen molar-refractivity contribution in [2.24, 2.45) is 23.7 Å². The molecule has 3 aliphatic rings. The van der Waals surface area contributed by atoms with E-state index in [1.807, 2.05) is 20.8 Å². The average Bonchev–Trinajstić information content (AvgIpc) is 3.07. The smallest absolute Gasteiger partial charge is 0.310 e. The molecule has 4 nitrogen and oxygen atoms in total. The van der Waals surface area contributed by atoms with Crippen molar-refractivity contribution < 1.29 is 19.1 Å². The summed E-state index contributed by atoms with van der Waals surface area (Å²) in [6.07, 6.45) is 10.5. The lowest BCUT2D eigenvalue weighted by Gasteiger charge is -2.30. The number of hydrogen-bond acceptors (Lipinski definition) is 4. The minimum atomic E-state index is -0.527. The Bertz CT molecular complexity index is 496. The molecule has 0 radical (unpaired) electrons. The molecule has 0 aromatic heterocycles. The van der Waals surface area contributed by atoms with E-state index < -0.39 is 5.60 Å². The van der Waals surface area contributed by atoms with Gasteiger partial charge in [-0.05, 0) is 64.7 Å². The summed E-state index contributed by atoms with van der Waals surface area (Å²) in [6, 6.07) is 0. The lowest BCUT2D eigenvalue weighted by molar-refractivity contribution is -0.171. The van der Waals surface area contributed by atoms with Crippen LogP contribution in [0, 0.1) is 23.7 Å². The Morgan fingerprint density at radius 3 is 2.04 bits per heavy atom. The van der Waals surface area contributed by atoms with Crippen LogP contribution in [0.3, 0.4) is 0 Å². The van der Waals surface area contributed by atoms with Crippen LogP contribution < -0.4 is 0 Å². The van der Waals surface area contributed by atoms with E-state index >= 15 is 0 Å². The van der Waals surface area contributed by atoms with Crippen molar-refractivity contribution in [3.05, 3.63) is 12.2 Å². The number of ether oxygens (including phenoxy) is 2. The number of fused-ring (bicyclic) bond motifs is 2. The van der Waals surface area contributed by atoms with Crippen molar-refractivity contribution >= 4 is 11.9 Å². The summed E-state index contributed by atoms with van der Waals surface area (Å²) in [5, 5.41) is 0. The fourth-order valence-corrected chi connectivity index (χ4v) is 4.26. The minimum absolute atomic E-state index is 0.0404. The summed E-state index contributed by atoms with van der Waals surface area (Å²) in [7, 11) is 0. The third-order valence-electron chi connectivity index (χ3n) is 5.25. The van der Waals surface area contributed by atoms with Crippen LogP contribution in [0.2, 0.25) is 0 Å². The van der Waals surface area contributed by atoms with Crippen molar-refractivity contribution in [2.75, 3.05) is 0 Å². The third-order valence-corrected chi connectivity index (χ3v) is 5.25. The molecule has 2 fully saturated rings. The molecule has 4 heteroatoms. The summed E-state index contributed by atoms with van der Waals surface area (Å²) in [6.45, 7) is 5.59. The number of rotatable bonds is 3. The molecule has 0 heterocycles. The molecule has 0 spiro atoms. The molecule has 0 N–H and O–H groups in total. The van der Waals surface area contributed by atoms with Gasteiger partial charge in [0.1, 0.15) is 11.7 Å². The number of esters is 2. The van der Waals surface area contributed by atoms with Gasteiger partial charge in [0.15, 0.2) is 0 Å². The third kappa shape index (κ3) is 3.61. The Labute approximate surface area is 138 Å². The van der Waals surface area contributed by atoms with Crippen molar-refractivity contribution in [1.29, 1.82) is 0 Å². The van der Waals surface area contributed by atoms with E-state index in [0.29, 0.717) is 0 Å². The predicted molar refractivity (Wildman–Crippen MR) is 86.5 cm³/mol. The van der Waals surface area contributed by atoms with Crippen molar-refractivity contribution in [2.45, 2.75) is 71.0 Å². The molecule has 4 unspecified atom stereocenters. The van der Waals surface area contributed by atoms with Gasteiger partial charge in [0.25, 0.3) is 0 Å². The van der Waals surface area contributed by atoms with Gasteiger partial charge in [-0.1, -0.05) is 18.6 Å². The summed E-state index contributed by atoms with van der Waals surface area (Å²) >= 11 is 0. The Balaban J connectivity index is 1.69. The zero-order valence-electron chi connectivity index (χ0n) is 14.4. The number of carbonyl (C=O) groups is 2. The second-order valence-corrected chi connectivity index (χ2v) is 8.23. The van der Waals surface area contributed by atoms with Crippen LogP contribution in [0.1, 0.15) is 59.3 Å². The molecule has 0 saturated heterocycles. The summed E-state index contributed by atoms with van der Waals surface area (Å²) < 4.78 is 11.3. The molecule has 0 amide bonds. The van der Waals surface area contributed by atoms with Crippen molar-refractivity contribution in [3.63, 3.8) is 0 Å². The zero-order chi connectivity index (χ0) is 16.6. The number of hydrogen-bond donors (Lipinski definition) is 0. The SMILES string of the molecule is CC(C)(C)OC(=O)C1C2C=CC(C2)C1C(=O)OC1CCCCC1. The zero-order valence-corrected chi connectivity index (χ0v) is 14.4. The van der Waals surface area contributed by atoms with E-state index in [0.717, 1.165) is 32.1 Å². The molecular weight excluding hydrogens is 292 g/mol. The number of carbonyl (C=O) groups excluding carboxylic acids is 2. The molecule has 23 heavy (non-hydrogen) atoms. The molecule has 3 aliphatic carbocycles. The Kier molecular flexibility index (Phi) is 4.52. The van der Waals surface area contributed by atoms with Crippen molar-refractivity contribution in [3.8, 4) is 0 Å². The lowest BCUT2D eigenvalue weighted by atomic mass is 9.83. The first-order valence-corrected chi connectivity index (χ1v) is 8.97. The highest BCUT2D eigenvalue weighted by Crippen LogP contribution is 2.49. The Morgan fingerprint density at radius 1 is 0.913 bits per heavy atom. The van der Waals surface area contributed by atoms with E-state index in [1.54, 1.807) is 0 Å². The molecule has 3 rings (SSSR count). The van der Waals surface area contributed by atoms with Crippen LogP contribution in [-0.4, -0.2) is 23.6 Å². The van der Waals surface area contributed by atoms with Crippen molar-refractivity contribution in [1.82, 2.24) is 0 Å². The van der Waals surface area contributed by atoms with Crippen LogP contribution in [-0.2, 0) is 19.1 Å². The number of allylic oxidation sites excluding steroid dienone is 2. The van der Waals surface area contributed by atoms with Gasteiger partial charge in [-0.15, -0.1) is 0 Å². The highest BCUT2D eigenvalue weighted by molar-refractivity contribution is 5.84. The molecule has 0 aliphatic heterocycles. The van der Waals surface area contributed by atoms with Gasteiger partial charge in [0.2, 0.25) is 0 Å². The van der Waals surface area contributed by atoms with Gasteiger partial charge < -0.3 is 9.47 Å². The van der Waals surface area contributed by atoms with E-state index in [9.17, 15) is 9.59 Å². The van der Waals surface area contributed by atoms with Gasteiger partial charge in [0, 0.05) is 0 Å². The van der Waals surface area contributed by atoms with E-state index in [-0.39, 0.29) is 41.7 Å². The monoisotopic (exact) mass is 320 g/mol. The fraction of sp³-hybridized carbons (Fsp3) is 0.789. The average molecular weight is 320 g/mol. The first kappa shape index (κ1) is 16.5. The fourth-order valence-electron chi connectivity index (χ4n) is 4.26. The van der Waals surface area contributed by atoms with Gasteiger partial charge >= 0.3 is 11.9 Å². The van der Waals surface area contributed by atoms with E-state index in [1.165, 1.54) is 6.42 Å². The van der Waals surface area contributed by atoms with Gasteiger partial charge in [-0.25, -0.2) is 0 Å². The summed E-state index contributed by atoms with van der Waals surface area (Å²) in [5.74, 6) is -0.918. The summed E-state index contributed by atoms with van der Waals surface area (Å²) in [5.41, 5.74) is -0.527. The maximum absolute atomic E-state index is 12.7. The second kappa shape index (κ2) is 6.29. The van der Waals surface area contributed by atoms with E-state index in [4.69, 9.17) is 9.47 Å².